The van der Waals surface area contributed by atoms with Crippen LogP contribution in [0.5, 0.6) is 28.7 Å². The Morgan fingerprint density at radius 2 is 1.23 bits per heavy atom. The quantitative estimate of drug-likeness (QED) is 0.158. The van der Waals surface area contributed by atoms with E-state index in [1.165, 1.54) is 0 Å². The number of urea groups is 1. The van der Waals surface area contributed by atoms with Crippen molar-refractivity contribution in [3.8, 4) is 28.7 Å². The van der Waals surface area contributed by atoms with Crippen LogP contribution < -0.4 is 23.7 Å². The number of methoxy groups -OCH3 is 3. The number of nitrogens with zero attached hydrogens (tertiary/aromatic N) is 2. The molecule has 1 fully saturated rings. The molecule has 3 aliphatic rings. The molecule has 0 N–H and O–H groups in total. The average Bonchev–Trinajstić information content (AvgIpc) is 3.74. The number of fused-ring (bicyclic) bond motifs is 3. The van der Waals surface area contributed by atoms with Gasteiger partial charge in [0.05, 0.1) is 33.9 Å². The summed E-state index contributed by atoms with van der Waals surface area (Å²) in [6.07, 6.45) is 0. The maximum absolute atomic E-state index is 15.5. The highest BCUT2D eigenvalue weighted by molar-refractivity contribution is 8.00. The van der Waals surface area contributed by atoms with Crippen molar-refractivity contribution in [3.05, 3.63) is 143 Å². The number of amides is 2. The number of carbonyl (C=O) groups is 1. The first-order valence-electron chi connectivity index (χ1n) is 15.7. The van der Waals surface area contributed by atoms with Crippen molar-refractivity contribution < 1.29 is 28.5 Å². The Bertz CT molecular complexity index is 1850. The molecular weight excluding hydrogens is 625 g/mol. The van der Waals surface area contributed by atoms with Crippen LogP contribution in [0.25, 0.3) is 0 Å². The van der Waals surface area contributed by atoms with Crippen LogP contribution in [0.2, 0.25) is 0 Å². The van der Waals surface area contributed by atoms with Crippen molar-refractivity contribution in [1.82, 2.24) is 9.80 Å². The summed E-state index contributed by atoms with van der Waals surface area (Å²) in [5.41, 5.74) is 3.86. The van der Waals surface area contributed by atoms with Crippen LogP contribution in [0.1, 0.15) is 33.9 Å². The van der Waals surface area contributed by atoms with Crippen molar-refractivity contribution in [2.45, 2.75) is 21.9 Å². The second-order valence-corrected chi connectivity index (χ2v) is 13.0. The van der Waals surface area contributed by atoms with Gasteiger partial charge in [-0.05, 0) is 52.1 Å². The zero-order valence-electron chi connectivity index (χ0n) is 26.8. The number of hydrogen-bond acceptors (Lipinski definition) is 7. The van der Waals surface area contributed by atoms with Crippen LogP contribution in [0.4, 0.5) is 4.79 Å². The van der Waals surface area contributed by atoms with Crippen LogP contribution in [-0.2, 0) is 5.54 Å². The molecule has 3 aliphatic heterocycles. The number of benzene rings is 5. The van der Waals surface area contributed by atoms with Gasteiger partial charge in [0.15, 0.2) is 23.0 Å². The highest BCUT2D eigenvalue weighted by Gasteiger charge is 2.55. The summed E-state index contributed by atoms with van der Waals surface area (Å²) in [5, 5.41) is -0.232. The molecule has 5 aromatic rings. The van der Waals surface area contributed by atoms with E-state index in [-0.39, 0.29) is 18.2 Å². The minimum atomic E-state index is -0.918. The van der Waals surface area contributed by atoms with E-state index >= 15 is 4.79 Å². The molecule has 1 saturated heterocycles. The fourth-order valence-electron chi connectivity index (χ4n) is 7.39. The summed E-state index contributed by atoms with van der Waals surface area (Å²) < 4.78 is 28.9. The fraction of sp³-hybridized carbons (Fsp3) is 0.205. The Morgan fingerprint density at radius 3 is 1.73 bits per heavy atom. The molecular formula is C39H34N2O6S. The summed E-state index contributed by atoms with van der Waals surface area (Å²) in [4.78, 5) is 20.5. The number of thioether (sulfide) groups is 1. The van der Waals surface area contributed by atoms with Crippen LogP contribution in [-0.4, -0.2) is 55.9 Å². The first kappa shape index (κ1) is 30.1. The van der Waals surface area contributed by atoms with Crippen molar-refractivity contribution in [1.29, 1.82) is 0 Å². The molecule has 0 saturated carbocycles. The van der Waals surface area contributed by atoms with Gasteiger partial charge < -0.3 is 28.6 Å². The fourth-order valence-corrected chi connectivity index (χ4v) is 8.72. The van der Waals surface area contributed by atoms with Crippen LogP contribution >= 0.6 is 11.8 Å². The molecule has 8 nitrogen and oxygen atoms in total. The molecule has 2 amide bonds. The van der Waals surface area contributed by atoms with Gasteiger partial charge in [-0.25, -0.2) is 4.79 Å². The van der Waals surface area contributed by atoms with Gasteiger partial charge in [0.1, 0.15) is 10.9 Å². The van der Waals surface area contributed by atoms with Gasteiger partial charge in [-0.1, -0.05) is 103 Å². The van der Waals surface area contributed by atoms with Gasteiger partial charge in [-0.2, -0.15) is 0 Å². The van der Waals surface area contributed by atoms with E-state index in [0.717, 1.165) is 32.7 Å². The van der Waals surface area contributed by atoms with Gasteiger partial charge in [-0.15, -0.1) is 0 Å². The second-order valence-electron chi connectivity index (χ2n) is 11.8. The predicted octanol–water partition coefficient (Wildman–Crippen LogP) is 7.69. The molecule has 8 rings (SSSR count). The minimum Gasteiger partial charge on any atom is -0.493 e. The molecule has 0 unspecified atom stereocenters. The molecule has 242 valence electrons. The predicted molar refractivity (Wildman–Crippen MR) is 183 cm³/mol. The van der Waals surface area contributed by atoms with Crippen molar-refractivity contribution in [3.63, 3.8) is 0 Å². The van der Waals surface area contributed by atoms with E-state index in [0.29, 0.717) is 35.3 Å². The highest BCUT2D eigenvalue weighted by atomic mass is 32.2. The molecule has 0 bridgehead atoms. The van der Waals surface area contributed by atoms with Crippen LogP contribution in [0.15, 0.2) is 120 Å². The SMILES string of the molecule is COc1cc([C@@H]2c3cc4c(cc3S[C@H]3CN(C(c5ccccc5)(c5ccccc5)c5ccccc5)C(=O)N23)OCO4)cc(OC)c1OC. The number of carbonyl (C=O) groups excluding carboxylic acids is 1. The maximum atomic E-state index is 15.5. The van der Waals surface area contributed by atoms with Crippen LogP contribution in [0, 0.1) is 0 Å². The van der Waals surface area contributed by atoms with Crippen molar-refractivity contribution in [2.75, 3.05) is 34.7 Å². The lowest BCUT2D eigenvalue weighted by atomic mass is 9.75. The zero-order valence-corrected chi connectivity index (χ0v) is 27.6. The third-order valence-electron chi connectivity index (χ3n) is 9.42. The molecule has 3 heterocycles. The number of ether oxygens (including phenoxy) is 5. The van der Waals surface area contributed by atoms with E-state index in [2.05, 4.69) is 36.4 Å². The Kier molecular flexibility index (Phi) is 7.56. The zero-order chi connectivity index (χ0) is 32.8. The van der Waals surface area contributed by atoms with Gasteiger partial charge in [0.2, 0.25) is 12.5 Å². The third-order valence-corrected chi connectivity index (χ3v) is 10.7. The van der Waals surface area contributed by atoms with Gasteiger partial charge in [0.25, 0.3) is 0 Å². The first-order valence-corrected chi connectivity index (χ1v) is 16.6. The second kappa shape index (κ2) is 12.1. The van der Waals surface area contributed by atoms with E-state index in [1.807, 2.05) is 88.7 Å². The summed E-state index contributed by atoms with van der Waals surface area (Å²) in [5.74, 6) is 2.87. The van der Waals surface area contributed by atoms with E-state index in [9.17, 15) is 0 Å². The summed E-state index contributed by atoms with van der Waals surface area (Å²) in [7, 11) is 4.79. The van der Waals surface area contributed by atoms with Crippen molar-refractivity contribution >= 4 is 17.8 Å². The summed E-state index contributed by atoms with van der Waals surface area (Å²) in [6.45, 7) is 0.613. The number of hydrogen-bond donors (Lipinski definition) is 0. The van der Waals surface area contributed by atoms with E-state index in [4.69, 9.17) is 23.7 Å². The molecule has 0 spiro atoms. The first-order chi connectivity index (χ1) is 23.6. The minimum absolute atomic E-state index is 0.0915. The average molecular weight is 659 g/mol. The smallest absolute Gasteiger partial charge is 0.323 e. The van der Waals surface area contributed by atoms with Gasteiger partial charge in [-0.3, -0.25) is 4.90 Å². The highest BCUT2D eigenvalue weighted by Crippen LogP contribution is 2.56. The van der Waals surface area contributed by atoms with Crippen molar-refractivity contribution in [2.24, 2.45) is 0 Å². The van der Waals surface area contributed by atoms with Gasteiger partial charge >= 0.3 is 6.03 Å². The standard InChI is InChI=1S/C39H34N2O6S/c1-43-32-19-25(20-33(44-2)37(32)45-3)36-29-21-30-31(47-24-46-30)22-34(29)48-35-23-40(38(42)41(35)36)39(26-13-7-4-8-14-26,27-15-9-5-10-16-27)28-17-11-6-12-18-28/h4-22,35-36H,23-24H2,1-3H3/t35-,36+/m0/s1. The Hall–Kier alpha value is -5.28. The molecule has 0 aromatic heterocycles. The molecule has 2 atom stereocenters. The molecule has 0 radical (unpaired) electrons. The summed E-state index contributed by atoms with van der Waals surface area (Å²) >= 11 is 1.67. The Balaban J connectivity index is 1.36. The monoisotopic (exact) mass is 658 g/mol. The Morgan fingerprint density at radius 1 is 0.708 bits per heavy atom. The topological polar surface area (TPSA) is 69.7 Å². The lowest BCUT2D eigenvalue weighted by Crippen LogP contribution is -2.50. The largest absolute Gasteiger partial charge is 0.493 e. The van der Waals surface area contributed by atoms with Gasteiger partial charge in [0, 0.05) is 4.90 Å². The van der Waals surface area contributed by atoms with E-state index < -0.39 is 11.6 Å². The van der Waals surface area contributed by atoms with E-state index in [1.54, 1.807) is 33.1 Å². The maximum Gasteiger partial charge on any atom is 0.323 e. The van der Waals surface area contributed by atoms with Crippen LogP contribution in [0.3, 0.4) is 0 Å². The molecule has 0 aliphatic carbocycles. The molecule has 9 heteroatoms. The Labute approximate surface area is 283 Å². The number of rotatable bonds is 8. The molecule has 48 heavy (non-hydrogen) atoms. The third kappa shape index (κ3) is 4.56. The lowest BCUT2D eigenvalue weighted by Gasteiger charge is -2.43. The summed E-state index contributed by atoms with van der Waals surface area (Å²) in [6, 6.07) is 38.3. The molecule has 5 aromatic carbocycles. The lowest BCUT2D eigenvalue weighted by molar-refractivity contribution is 0.156. The normalized spacial score (nSPS) is 17.9.